The van der Waals surface area contributed by atoms with Gasteiger partial charge in [0, 0.05) is 17.8 Å². The Morgan fingerprint density at radius 3 is 2.80 bits per heavy atom. The number of aliphatic hydroxyl groups excluding tert-OH is 2. The first kappa shape index (κ1) is 17.1. The highest BCUT2D eigenvalue weighted by molar-refractivity contribution is 5.93. The van der Waals surface area contributed by atoms with Crippen LogP contribution in [0.3, 0.4) is 0 Å². The summed E-state index contributed by atoms with van der Waals surface area (Å²) in [5, 5.41) is 22.4. The van der Waals surface area contributed by atoms with E-state index in [2.05, 4.69) is 10.3 Å². The molecule has 0 bridgehead atoms. The molecule has 7 heteroatoms. The Morgan fingerprint density at radius 1 is 1.28 bits per heavy atom. The second-order valence-corrected chi connectivity index (χ2v) is 5.87. The maximum Gasteiger partial charge on any atom is 0.260 e. The first-order valence-electron chi connectivity index (χ1n) is 7.79. The summed E-state index contributed by atoms with van der Waals surface area (Å²) in [4.78, 5) is 16.8. The summed E-state index contributed by atoms with van der Waals surface area (Å²) >= 11 is 0. The van der Waals surface area contributed by atoms with E-state index in [1.54, 1.807) is 31.3 Å². The standard InChI is InChI=1S/C18H18FN3O3/c1-11-2-3-15(14(19)6-11)21-16-8-20-7-12-4-5-22(9-13(24)10-23)18(25)17(12)16/h2-8,13,21,23-24H,9-10H2,1H3/t13-/m0/s1. The van der Waals surface area contributed by atoms with Crippen molar-refractivity contribution in [2.45, 2.75) is 19.6 Å². The first-order chi connectivity index (χ1) is 12.0. The van der Waals surface area contributed by atoms with Gasteiger partial charge < -0.3 is 20.1 Å². The number of nitrogens with zero attached hydrogens (tertiary/aromatic N) is 2. The lowest BCUT2D eigenvalue weighted by Crippen LogP contribution is -2.28. The van der Waals surface area contributed by atoms with Crippen LogP contribution in [0.25, 0.3) is 10.8 Å². The zero-order chi connectivity index (χ0) is 18.0. The SMILES string of the molecule is Cc1ccc(Nc2cncc3ccn(C[C@H](O)CO)c(=O)c23)c(F)c1. The van der Waals surface area contributed by atoms with Crippen LogP contribution in [0, 0.1) is 12.7 Å². The highest BCUT2D eigenvalue weighted by Gasteiger charge is 2.12. The fourth-order valence-electron chi connectivity index (χ4n) is 2.61. The number of pyridine rings is 2. The number of hydrogen-bond acceptors (Lipinski definition) is 5. The molecule has 2 heterocycles. The average Bonchev–Trinajstić information content (AvgIpc) is 2.59. The third kappa shape index (κ3) is 3.52. The zero-order valence-corrected chi connectivity index (χ0v) is 13.6. The van der Waals surface area contributed by atoms with Crippen molar-refractivity contribution in [3.05, 3.63) is 64.6 Å². The molecule has 0 radical (unpaired) electrons. The van der Waals surface area contributed by atoms with Gasteiger partial charge in [0.2, 0.25) is 0 Å². The lowest BCUT2D eigenvalue weighted by atomic mass is 10.1. The monoisotopic (exact) mass is 343 g/mol. The van der Waals surface area contributed by atoms with Gasteiger partial charge in [-0.15, -0.1) is 0 Å². The molecule has 3 N–H and O–H groups in total. The molecule has 0 saturated heterocycles. The second-order valence-electron chi connectivity index (χ2n) is 5.87. The zero-order valence-electron chi connectivity index (χ0n) is 13.6. The van der Waals surface area contributed by atoms with E-state index in [1.165, 1.54) is 23.0 Å². The molecule has 1 aromatic carbocycles. The molecular formula is C18H18FN3O3. The van der Waals surface area contributed by atoms with E-state index >= 15 is 0 Å². The minimum absolute atomic E-state index is 0.0358. The highest BCUT2D eigenvalue weighted by atomic mass is 19.1. The molecule has 130 valence electrons. The molecular weight excluding hydrogens is 325 g/mol. The smallest absolute Gasteiger partial charge is 0.260 e. The first-order valence-corrected chi connectivity index (χ1v) is 7.79. The quantitative estimate of drug-likeness (QED) is 0.659. The van der Waals surface area contributed by atoms with E-state index in [4.69, 9.17) is 5.11 Å². The van der Waals surface area contributed by atoms with Gasteiger partial charge in [0.25, 0.3) is 5.56 Å². The van der Waals surface area contributed by atoms with Crippen LogP contribution in [0.15, 0.2) is 47.7 Å². The number of nitrogens with one attached hydrogen (secondary N) is 1. The maximum atomic E-state index is 14.1. The number of halogens is 1. The van der Waals surface area contributed by atoms with Gasteiger partial charge in [0.1, 0.15) is 5.82 Å². The Morgan fingerprint density at radius 2 is 2.08 bits per heavy atom. The van der Waals surface area contributed by atoms with Crippen LogP contribution in [-0.4, -0.2) is 32.5 Å². The number of fused-ring (bicyclic) bond motifs is 1. The predicted molar refractivity (Wildman–Crippen MR) is 93.5 cm³/mol. The van der Waals surface area contributed by atoms with Gasteiger partial charge in [-0.2, -0.15) is 0 Å². The van der Waals surface area contributed by atoms with Crippen LogP contribution >= 0.6 is 0 Å². The number of aryl methyl sites for hydroxylation is 1. The maximum absolute atomic E-state index is 14.1. The molecule has 0 unspecified atom stereocenters. The normalized spacial score (nSPS) is 12.3. The lowest BCUT2D eigenvalue weighted by molar-refractivity contribution is 0.0805. The summed E-state index contributed by atoms with van der Waals surface area (Å²) in [7, 11) is 0. The summed E-state index contributed by atoms with van der Waals surface area (Å²) in [6.07, 6.45) is 3.49. The van der Waals surface area contributed by atoms with Crippen molar-refractivity contribution in [3.8, 4) is 0 Å². The van der Waals surface area contributed by atoms with Crippen LogP contribution in [-0.2, 0) is 6.54 Å². The number of aromatic nitrogens is 2. The lowest BCUT2D eigenvalue weighted by Gasteiger charge is -2.14. The molecule has 0 aliphatic heterocycles. The van der Waals surface area contributed by atoms with E-state index < -0.39 is 18.5 Å². The van der Waals surface area contributed by atoms with Gasteiger partial charge in [0.15, 0.2) is 0 Å². The van der Waals surface area contributed by atoms with Gasteiger partial charge in [-0.25, -0.2) is 4.39 Å². The van der Waals surface area contributed by atoms with Crippen molar-refractivity contribution in [1.29, 1.82) is 0 Å². The number of anilines is 2. The van der Waals surface area contributed by atoms with E-state index in [9.17, 15) is 14.3 Å². The second kappa shape index (κ2) is 7.00. The van der Waals surface area contributed by atoms with E-state index in [0.29, 0.717) is 16.5 Å². The number of aliphatic hydroxyl groups is 2. The number of rotatable bonds is 5. The third-order valence-electron chi connectivity index (χ3n) is 3.90. The molecule has 0 aliphatic carbocycles. The Labute approximate surface area is 143 Å². The Bertz CT molecular complexity index is 971. The minimum atomic E-state index is -1.04. The van der Waals surface area contributed by atoms with Crippen molar-refractivity contribution in [2.24, 2.45) is 0 Å². The third-order valence-corrected chi connectivity index (χ3v) is 3.90. The van der Waals surface area contributed by atoms with Crippen LogP contribution in [0.2, 0.25) is 0 Å². The summed E-state index contributed by atoms with van der Waals surface area (Å²) in [6, 6.07) is 6.45. The number of hydrogen-bond donors (Lipinski definition) is 3. The van der Waals surface area contributed by atoms with Crippen molar-refractivity contribution >= 4 is 22.1 Å². The topological polar surface area (TPSA) is 87.4 Å². The van der Waals surface area contributed by atoms with Gasteiger partial charge in [-0.3, -0.25) is 9.78 Å². The summed E-state index contributed by atoms with van der Waals surface area (Å²) in [6.45, 7) is 1.31. The van der Waals surface area contributed by atoms with Gasteiger partial charge in [-0.05, 0) is 30.7 Å². The predicted octanol–water partition coefficient (Wildman–Crippen LogP) is 1.94. The minimum Gasteiger partial charge on any atom is -0.394 e. The average molecular weight is 343 g/mol. The molecule has 0 saturated carbocycles. The van der Waals surface area contributed by atoms with E-state index in [1.807, 2.05) is 0 Å². The molecule has 0 spiro atoms. The number of benzene rings is 1. The van der Waals surface area contributed by atoms with Crippen LogP contribution in [0.1, 0.15) is 5.56 Å². The van der Waals surface area contributed by atoms with Crippen LogP contribution in [0.5, 0.6) is 0 Å². The molecule has 1 atom stereocenters. The Balaban J connectivity index is 2.08. The molecule has 0 amide bonds. The molecule has 0 aliphatic rings. The van der Waals surface area contributed by atoms with E-state index in [-0.39, 0.29) is 17.8 Å². The van der Waals surface area contributed by atoms with Crippen molar-refractivity contribution in [3.63, 3.8) is 0 Å². The molecule has 6 nitrogen and oxygen atoms in total. The largest absolute Gasteiger partial charge is 0.394 e. The van der Waals surface area contributed by atoms with Gasteiger partial charge >= 0.3 is 0 Å². The molecule has 25 heavy (non-hydrogen) atoms. The van der Waals surface area contributed by atoms with Crippen molar-refractivity contribution < 1.29 is 14.6 Å². The summed E-state index contributed by atoms with van der Waals surface area (Å²) < 4.78 is 15.4. The van der Waals surface area contributed by atoms with Gasteiger partial charge in [-0.1, -0.05) is 6.07 Å². The summed E-state index contributed by atoms with van der Waals surface area (Å²) in [5.74, 6) is -0.427. The fourth-order valence-corrected chi connectivity index (χ4v) is 2.61. The molecule has 3 rings (SSSR count). The van der Waals surface area contributed by atoms with Crippen molar-refractivity contribution in [2.75, 3.05) is 11.9 Å². The van der Waals surface area contributed by atoms with Gasteiger partial charge in [0.05, 0.1) is 42.2 Å². The molecule has 0 fully saturated rings. The van der Waals surface area contributed by atoms with Crippen LogP contribution < -0.4 is 10.9 Å². The molecule has 2 aromatic heterocycles. The Hall–Kier alpha value is -2.77. The summed E-state index contributed by atoms with van der Waals surface area (Å²) in [5.41, 5.74) is 1.05. The van der Waals surface area contributed by atoms with E-state index in [0.717, 1.165) is 5.56 Å². The van der Waals surface area contributed by atoms with Crippen LogP contribution in [0.4, 0.5) is 15.8 Å². The van der Waals surface area contributed by atoms with Crippen molar-refractivity contribution in [1.82, 2.24) is 9.55 Å². The Kier molecular flexibility index (Phi) is 4.78. The fraction of sp³-hybridized carbons (Fsp3) is 0.222. The highest BCUT2D eigenvalue weighted by Crippen LogP contribution is 2.25. The molecule has 3 aromatic rings.